The van der Waals surface area contributed by atoms with E-state index in [0.717, 1.165) is 33.8 Å². The molecule has 130 valence electrons. The molecule has 0 radical (unpaired) electrons. The number of nitrogens with zero attached hydrogens (tertiary/aromatic N) is 3. The fourth-order valence-corrected chi connectivity index (χ4v) is 3.39. The minimum atomic E-state index is -0.0931. The topological polar surface area (TPSA) is 79.5 Å². The van der Waals surface area contributed by atoms with E-state index in [1.54, 1.807) is 0 Å². The minimum absolute atomic E-state index is 0.0450. The highest BCUT2D eigenvalue weighted by Crippen LogP contribution is 2.25. The van der Waals surface area contributed by atoms with Gasteiger partial charge in [0.15, 0.2) is 0 Å². The first kappa shape index (κ1) is 16.4. The summed E-state index contributed by atoms with van der Waals surface area (Å²) in [5.41, 5.74) is 5.24. The van der Waals surface area contributed by atoms with Crippen molar-refractivity contribution >= 4 is 28.6 Å². The van der Waals surface area contributed by atoms with E-state index < -0.39 is 0 Å². The van der Waals surface area contributed by atoms with E-state index >= 15 is 0 Å². The molecule has 0 aliphatic heterocycles. The molecule has 3 aromatic heterocycles. The van der Waals surface area contributed by atoms with Gasteiger partial charge < -0.3 is 14.8 Å². The van der Waals surface area contributed by atoms with E-state index in [1.807, 2.05) is 58.6 Å². The van der Waals surface area contributed by atoms with Crippen LogP contribution in [-0.2, 0) is 11.4 Å². The molecule has 0 unspecified atom stereocenters. The fraction of sp³-hybridized carbons (Fsp3) is 0.105. The highest BCUT2D eigenvalue weighted by molar-refractivity contribution is 7.09. The zero-order valence-corrected chi connectivity index (χ0v) is 14.8. The SMILES string of the molecule is CC(=O)Nc1ccc(-c2cn3cc(-c4csc(CO)n4)ccc3n2)cc1. The summed E-state index contributed by atoms with van der Waals surface area (Å²) < 4.78 is 1.96. The van der Waals surface area contributed by atoms with Crippen molar-refractivity contribution < 1.29 is 9.90 Å². The lowest BCUT2D eigenvalue weighted by molar-refractivity contribution is -0.114. The molecule has 4 rings (SSSR count). The minimum Gasteiger partial charge on any atom is -0.389 e. The maximum atomic E-state index is 11.1. The summed E-state index contributed by atoms with van der Waals surface area (Å²) in [6.45, 7) is 1.44. The first-order valence-corrected chi connectivity index (χ1v) is 8.93. The van der Waals surface area contributed by atoms with E-state index in [4.69, 9.17) is 0 Å². The maximum Gasteiger partial charge on any atom is 0.221 e. The summed E-state index contributed by atoms with van der Waals surface area (Å²) in [6, 6.07) is 11.5. The third kappa shape index (κ3) is 3.22. The van der Waals surface area contributed by atoms with Gasteiger partial charge in [0.2, 0.25) is 5.91 Å². The molecule has 1 amide bonds. The Kier molecular flexibility index (Phi) is 4.24. The number of carbonyl (C=O) groups is 1. The van der Waals surface area contributed by atoms with Gasteiger partial charge in [-0.1, -0.05) is 12.1 Å². The van der Waals surface area contributed by atoms with Crippen LogP contribution in [0.5, 0.6) is 0 Å². The molecule has 0 fully saturated rings. The summed E-state index contributed by atoms with van der Waals surface area (Å²) in [4.78, 5) is 20.2. The Morgan fingerprint density at radius 1 is 1.08 bits per heavy atom. The van der Waals surface area contributed by atoms with Crippen molar-refractivity contribution in [3.8, 4) is 22.5 Å². The molecule has 0 spiro atoms. The van der Waals surface area contributed by atoms with Gasteiger partial charge in [-0.3, -0.25) is 4.79 Å². The Hall–Kier alpha value is -3.03. The lowest BCUT2D eigenvalue weighted by Crippen LogP contribution is -2.05. The first-order chi connectivity index (χ1) is 12.6. The predicted molar refractivity (Wildman–Crippen MR) is 102 cm³/mol. The van der Waals surface area contributed by atoms with Crippen LogP contribution in [0.2, 0.25) is 0 Å². The zero-order chi connectivity index (χ0) is 18.1. The molecule has 0 bridgehead atoms. The van der Waals surface area contributed by atoms with Crippen molar-refractivity contribution in [2.24, 2.45) is 0 Å². The normalized spacial score (nSPS) is 11.0. The molecular formula is C19H16N4O2S. The van der Waals surface area contributed by atoms with Gasteiger partial charge in [0, 0.05) is 41.5 Å². The van der Waals surface area contributed by atoms with Crippen LogP contribution in [0.3, 0.4) is 0 Å². The van der Waals surface area contributed by atoms with Crippen LogP contribution < -0.4 is 5.32 Å². The molecule has 7 heteroatoms. The van der Waals surface area contributed by atoms with Crippen molar-refractivity contribution in [2.75, 3.05) is 5.32 Å². The highest BCUT2D eigenvalue weighted by Gasteiger charge is 2.08. The number of aliphatic hydroxyl groups excluding tert-OH is 1. The molecule has 2 N–H and O–H groups in total. The number of thiazole rings is 1. The summed E-state index contributed by atoms with van der Waals surface area (Å²) in [5, 5.41) is 14.6. The summed E-state index contributed by atoms with van der Waals surface area (Å²) in [5.74, 6) is -0.0931. The van der Waals surface area contributed by atoms with E-state index in [9.17, 15) is 9.90 Å². The molecule has 0 atom stereocenters. The number of amides is 1. The quantitative estimate of drug-likeness (QED) is 0.580. The van der Waals surface area contributed by atoms with Crippen LogP contribution in [0.1, 0.15) is 11.9 Å². The average Bonchev–Trinajstić information content (AvgIpc) is 3.28. The van der Waals surface area contributed by atoms with Gasteiger partial charge in [0.1, 0.15) is 10.7 Å². The van der Waals surface area contributed by atoms with E-state index in [-0.39, 0.29) is 12.5 Å². The van der Waals surface area contributed by atoms with Crippen LogP contribution in [-0.4, -0.2) is 25.4 Å². The molecule has 0 aliphatic carbocycles. The number of rotatable bonds is 4. The molecule has 0 saturated carbocycles. The van der Waals surface area contributed by atoms with Gasteiger partial charge in [-0.2, -0.15) is 0 Å². The molecule has 6 nitrogen and oxygen atoms in total. The van der Waals surface area contributed by atoms with Crippen LogP contribution in [0.15, 0.2) is 54.2 Å². The Morgan fingerprint density at radius 3 is 2.54 bits per heavy atom. The molecule has 0 aliphatic rings. The van der Waals surface area contributed by atoms with Crippen molar-refractivity contribution in [1.82, 2.24) is 14.4 Å². The van der Waals surface area contributed by atoms with Crippen molar-refractivity contribution in [1.29, 1.82) is 0 Å². The number of carbonyl (C=O) groups excluding carboxylic acids is 1. The maximum absolute atomic E-state index is 11.1. The number of fused-ring (bicyclic) bond motifs is 1. The highest BCUT2D eigenvalue weighted by atomic mass is 32.1. The standard InChI is InChI=1S/C19H16N4O2S/c1-12(25)20-15-5-2-13(3-6-15)16-9-23-8-14(4-7-18(23)21-16)17-11-26-19(10-24)22-17/h2-9,11,24H,10H2,1H3,(H,20,25). The van der Waals surface area contributed by atoms with Gasteiger partial charge in [-0.25, -0.2) is 9.97 Å². The number of hydrogen-bond acceptors (Lipinski definition) is 5. The number of imidazole rings is 1. The Balaban J connectivity index is 1.66. The second-order valence-corrected chi connectivity index (χ2v) is 6.80. The van der Waals surface area contributed by atoms with Crippen molar-refractivity contribution in [3.63, 3.8) is 0 Å². The second kappa shape index (κ2) is 6.70. The smallest absolute Gasteiger partial charge is 0.221 e. The van der Waals surface area contributed by atoms with E-state index in [2.05, 4.69) is 15.3 Å². The largest absolute Gasteiger partial charge is 0.389 e. The van der Waals surface area contributed by atoms with E-state index in [0.29, 0.717) is 5.01 Å². The van der Waals surface area contributed by atoms with Crippen LogP contribution in [0, 0.1) is 0 Å². The lowest BCUT2D eigenvalue weighted by atomic mass is 10.1. The third-order valence-electron chi connectivity index (χ3n) is 3.93. The van der Waals surface area contributed by atoms with Crippen LogP contribution in [0.25, 0.3) is 28.2 Å². The molecule has 0 saturated heterocycles. The van der Waals surface area contributed by atoms with E-state index in [1.165, 1.54) is 18.3 Å². The monoisotopic (exact) mass is 364 g/mol. The average molecular weight is 364 g/mol. The molecule has 4 aromatic rings. The van der Waals surface area contributed by atoms with Crippen molar-refractivity contribution in [2.45, 2.75) is 13.5 Å². The first-order valence-electron chi connectivity index (χ1n) is 8.05. The Labute approximate surface area is 153 Å². The van der Waals surface area contributed by atoms with Crippen molar-refractivity contribution in [3.05, 3.63) is 59.2 Å². The summed E-state index contributed by atoms with van der Waals surface area (Å²) >= 11 is 1.44. The fourth-order valence-electron chi connectivity index (χ4n) is 2.73. The number of aliphatic hydroxyl groups is 1. The summed E-state index contributed by atoms with van der Waals surface area (Å²) in [7, 11) is 0. The lowest BCUT2D eigenvalue weighted by Gasteiger charge is -2.02. The van der Waals surface area contributed by atoms with Gasteiger partial charge >= 0.3 is 0 Å². The van der Waals surface area contributed by atoms with Crippen LogP contribution in [0.4, 0.5) is 5.69 Å². The molecular weight excluding hydrogens is 348 g/mol. The molecule has 1 aromatic carbocycles. The number of nitrogens with one attached hydrogen (secondary N) is 1. The number of aromatic nitrogens is 3. The zero-order valence-electron chi connectivity index (χ0n) is 14.0. The van der Waals surface area contributed by atoms with Gasteiger partial charge in [-0.15, -0.1) is 11.3 Å². The number of benzene rings is 1. The van der Waals surface area contributed by atoms with Crippen LogP contribution >= 0.6 is 11.3 Å². The van der Waals surface area contributed by atoms with Gasteiger partial charge in [0.05, 0.1) is 18.0 Å². The van der Waals surface area contributed by atoms with Gasteiger partial charge in [0.25, 0.3) is 0 Å². The predicted octanol–water partition coefficient (Wildman–Crippen LogP) is 3.58. The molecule has 3 heterocycles. The second-order valence-electron chi connectivity index (χ2n) is 5.85. The number of anilines is 1. The number of pyridine rings is 1. The molecule has 26 heavy (non-hydrogen) atoms. The Bertz CT molecular complexity index is 1080. The Morgan fingerprint density at radius 2 is 1.85 bits per heavy atom. The number of hydrogen-bond donors (Lipinski definition) is 2. The third-order valence-corrected chi connectivity index (χ3v) is 4.77. The summed E-state index contributed by atoms with van der Waals surface area (Å²) in [6.07, 6.45) is 3.94. The van der Waals surface area contributed by atoms with Gasteiger partial charge in [-0.05, 0) is 24.3 Å².